The number of pyridine rings is 1. The maximum Gasteiger partial charge on any atom is 0.287 e. The summed E-state index contributed by atoms with van der Waals surface area (Å²) in [7, 11) is 3.10. The van der Waals surface area contributed by atoms with Gasteiger partial charge >= 0.3 is 0 Å². The van der Waals surface area contributed by atoms with Crippen molar-refractivity contribution in [2.75, 3.05) is 24.9 Å². The summed E-state index contributed by atoms with van der Waals surface area (Å²) in [5.74, 6) is 1.62. The highest BCUT2D eigenvalue weighted by Crippen LogP contribution is 2.25. The zero-order chi connectivity index (χ0) is 16.8. The lowest BCUT2D eigenvalue weighted by atomic mass is 10.3. The van der Waals surface area contributed by atoms with Crippen LogP contribution in [0.25, 0.3) is 0 Å². The molecule has 0 aliphatic heterocycles. The van der Waals surface area contributed by atoms with Crippen LogP contribution in [-0.2, 0) is 0 Å². The number of aromatic nitrogens is 1. The molecule has 1 aromatic carbocycles. The minimum atomic E-state index is -0.518. The quantitative estimate of drug-likeness (QED) is 0.489. The van der Waals surface area contributed by atoms with Gasteiger partial charge in [0.15, 0.2) is 5.11 Å². The predicted molar refractivity (Wildman–Crippen MR) is 90.3 cm³/mol. The number of methoxy groups -OCH3 is 2. The topological polar surface area (TPSA) is 98.5 Å². The molecule has 0 fully saturated rings. The Hall–Kier alpha value is -2.94. The Balaban J connectivity index is 2.05. The third-order valence-corrected chi connectivity index (χ3v) is 3.01. The SMILES string of the molecule is COc1cc(NC(=S)Nc2ccc([N+](=O)[O-])cn2)cc(OC)c1. The Kier molecular flexibility index (Phi) is 5.26. The summed E-state index contributed by atoms with van der Waals surface area (Å²) in [4.78, 5) is 14.0. The van der Waals surface area contributed by atoms with Gasteiger partial charge in [0.25, 0.3) is 5.69 Å². The van der Waals surface area contributed by atoms with E-state index in [1.54, 1.807) is 32.4 Å². The van der Waals surface area contributed by atoms with E-state index < -0.39 is 4.92 Å². The Morgan fingerprint density at radius 2 is 1.83 bits per heavy atom. The van der Waals surface area contributed by atoms with E-state index in [2.05, 4.69) is 15.6 Å². The zero-order valence-electron chi connectivity index (χ0n) is 12.4. The van der Waals surface area contributed by atoms with Crippen LogP contribution in [-0.4, -0.2) is 29.2 Å². The van der Waals surface area contributed by atoms with Crippen LogP contribution in [0, 0.1) is 10.1 Å². The third-order valence-electron chi connectivity index (χ3n) is 2.81. The first kappa shape index (κ1) is 16.4. The molecule has 1 heterocycles. The summed E-state index contributed by atoms with van der Waals surface area (Å²) in [5, 5.41) is 16.7. The lowest BCUT2D eigenvalue weighted by Gasteiger charge is -2.12. The fourth-order valence-electron chi connectivity index (χ4n) is 1.73. The van der Waals surface area contributed by atoms with Gasteiger partial charge in [-0.15, -0.1) is 0 Å². The molecule has 9 heteroatoms. The van der Waals surface area contributed by atoms with E-state index in [1.807, 2.05) is 0 Å². The highest BCUT2D eigenvalue weighted by atomic mass is 32.1. The fraction of sp³-hybridized carbons (Fsp3) is 0.143. The molecule has 0 amide bonds. The zero-order valence-corrected chi connectivity index (χ0v) is 13.2. The summed E-state index contributed by atoms with van der Waals surface area (Å²) in [6.07, 6.45) is 1.15. The number of nitro groups is 1. The van der Waals surface area contributed by atoms with Crippen molar-refractivity contribution in [3.63, 3.8) is 0 Å². The van der Waals surface area contributed by atoms with E-state index in [9.17, 15) is 10.1 Å². The van der Waals surface area contributed by atoms with Crippen molar-refractivity contribution in [2.24, 2.45) is 0 Å². The second-order valence-corrected chi connectivity index (χ2v) is 4.75. The van der Waals surface area contributed by atoms with Crippen LogP contribution in [0.5, 0.6) is 11.5 Å². The van der Waals surface area contributed by atoms with Crippen molar-refractivity contribution >= 4 is 34.5 Å². The highest BCUT2D eigenvalue weighted by Gasteiger charge is 2.07. The second-order valence-electron chi connectivity index (χ2n) is 4.34. The van der Waals surface area contributed by atoms with Crippen LogP contribution in [0.15, 0.2) is 36.5 Å². The van der Waals surface area contributed by atoms with Gasteiger partial charge in [0.05, 0.1) is 19.1 Å². The number of anilines is 2. The molecule has 1 aromatic heterocycles. The first-order valence-corrected chi connectivity index (χ1v) is 6.84. The van der Waals surface area contributed by atoms with Gasteiger partial charge in [0, 0.05) is 30.0 Å². The van der Waals surface area contributed by atoms with E-state index in [-0.39, 0.29) is 10.8 Å². The maximum absolute atomic E-state index is 10.6. The molecular weight excluding hydrogens is 320 g/mol. The molecule has 0 radical (unpaired) electrons. The van der Waals surface area contributed by atoms with Crippen molar-refractivity contribution in [3.05, 3.63) is 46.6 Å². The molecular formula is C14H14N4O4S. The number of hydrogen-bond donors (Lipinski definition) is 2. The van der Waals surface area contributed by atoms with Crippen LogP contribution in [0.3, 0.4) is 0 Å². The van der Waals surface area contributed by atoms with Crippen LogP contribution in [0.4, 0.5) is 17.2 Å². The molecule has 0 bridgehead atoms. The molecule has 2 N–H and O–H groups in total. The summed E-state index contributed by atoms with van der Waals surface area (Å²) < 4.78 is 10.3. The molecule has 2 rings (SSSR count). The number of hydrogen-bond acceptors (Lipinski definition) is 6. The maximum atomic E-state index is 10.6. The fourth-order valence-corrected chi connectivity index (χ4v) is 1.95. The number of thiocarbonyl (C=S) groups is 1. The monoisotopic (exact) mass is 334 g/mol. The molecule has 0 aliphatic carbocycles. The molecule has 0 spiro atoms. The molecule has 0 atom stereocenters. The van der Waals surface area contributed by atoms with Gasteiger partial charge in [-0.3, -0.25) is 10.1 Å². The number of rotatable bonds is 5. The van der Waals surface area contributed by atoms with Crippen LogP contribution < -0.4 is 20.1 Å². The first-order chi connectivity index (χ1) is 11.0. The standard InChI is InChI=1S/C14H14N4O4S/c1-21-11-5-9(6-12(7-11)22-2)16-14(23)17-13-4-3-10(8-15-13)18(19)20/h3-8H,1-2H3,(H2,15,16,17,23). The number of nitrogens with zero attached hydrogens (tertiary/aromatic N) is 2. The van der Waals surface area contributed by atoms with Gasteiger partial charge in [0.2, 0.25) is 0 Å². The van der Waals surface area contributed by atoms with Gasteiger partial charge in [-0.25, -0.2) is 4.98 Å². The van der Waals surface area contributed by atoms with Gasteiger partial charge in [0.1, 0.15) is 23.5 Å². The molecule has 0 unspecified atom stereocenters. The molecule has 23 heavy (non-hydrogen) atoms. The van der Waals surface area contributed by atoms with Crippen molar-refractivity contribution in [3.8, 4) is 11.5 Å². The second kappa shape index (κ2) is 7.36. The number of benzene rings is 1. The molecule has 0 aliphatic rings. The Morgan fingerprint density at radius 1 is 1.17 bits per heavy atom. The predicted octanol–water partition coefficient (Wildman–Crippen LogP) is 2.82. The molecule has 8 nitrogen and oxygen atoms in total. The van der Waals surface area contributed by atoms with E-state index in [4.69, 9.17) is 21.7 Å². The van der Waals surface area contributed by atoms with Crippen molar-refractivity contribution in [1.29, 1.82) is 0 Å². The van der Waals surface area contributed by atoms with Crippen LogP contribution in [0.1, 0.15) is 0 Å². The van der Waals surface area contributed by atoms with Crippen LogP contribution >= 0.6 is 12.2 Å². The largest absolute Gasteiger partial charge is 0.497 e. The lowest BCUT2D eigenvalue weighted by molar-refractivity contribution is -0.385. The summed E-state index contributed by atoms with van der Waals surface area (Å²) in [6, 6.07) is 8.05. The normalized spacial score (nSPS) is 9.83. The van der Waals surface area contributed by atoms with Crippen molar-refractivity contribution < 1.29 is 14.4 Å². The van der Waals surface area contributed by atoms with Gasteiger partial charge in [-0.2, -0.15) is 0 Å². The van der Waals surface area contributed by atoms with Crippen LogP contribution in [0.2, 0.25) is 0 Å². The number of nitrogens with one attached hydrogen (secondary N) is 2. The molecule has 2 aromatic rings. The molecule has 0 saturated carbocycles. The van der Waals surface area contributed by atoms with E-state index in [0.29, 0.717) is 23.0 Å². The number of ether oxygens (including phenoxy) is 2. The van der Waals surface area contributed by atoms with Crippen molar-refractivity contribution in [2.45, 2.75) is 0 Å². The first-order valence-electron chi connectivity index (χ1n) is 6.43. The third kappa shape index (κ3) is 4.51. The Labute approximate surface area is 137 Å². The average molecular weight is 334 g/mol. The minimum Gasteiger partial charge on any atom is -0.497 e. The van der Waals surface area contributed by atoms with E-state index in [0.717, 1.165) is 6.20 Å². The van der Waals surface area contributed by atoms with Gasteiger partial charge in [-0.05, 0) is 18.3 Å². The van der Waals surface area contributed by atoms with E-state index in [1.165, 1.54) is 12.1 Å². The highest BCUT2D eigenvalue weighted by molar-refractivity contribution is 7.80. The Morgan fingerprint density at radius 3 is 2.30 bits per heavy atom. The molecule has 120 valence electrons. The summed E-state index contributed by atoms with van der Waals surface area (Å²) in [5.41, 5.74) is 0.576. The summed E-state index contributed by atoms with van der Waals surface area (Å²) >= 11 is 5.18. The van der Waals surface area contributed by atoms with Gasteiger partial charge in [-0.1, -0.05) is 0 Å². The van der Waals surface area contributed by atoms with Gasteiger partial charge < -0.3 is 20.1 Å². The molecule has 0 saturated heterocycles. The minimum absolute atomic E-state index is 0.0908. The van der Waals surface area contributed by atoms with Crippen molar-refractivity contribution in [1.82, 2.24) is 4.98 Å². The smallest absolute Gasteiger partial charge is 0.287 e. The Bertz CT molecular complexity index is 699. The average Bonchev–Trinajstić information content (AvgIpc) is 2.54. The summed E-state index contributed by atoms with van der Waals surface area (Å²) in [6.45, 7) is 0. The van der Waals surface area contributed by atoms with E-state index >= 15 is 0 Å². The lowest BCUT2D eigenvalue weighted by Crippen LogP contribution is -2.19.